The fourth-order valence-electron chi connectivity index (χ4n) is 12.7. The maximum absolute atomic E-state index is 13.4. The largest absolute Gasteiger partial charge is 0.394 e. The number of hydrogen-bond donors (Lipinski definition) is 9. The van der Waals surface area contributed by atoms with Crippen LogP contribution in [0.3, 0.4) is 0 Å². The third-order valence-electron chi connectivity index (χ3n) is 18.8. The molecule has 12 atom stereocenters. The van der Waals surface area contributed by atoms with Gasteiger partial charge >= 0.3 is 0 Å². The highest BCUT2D eigenvalue weighted by Gasteiger charge is 2.51. The van der Waals surface area contributed by atoms with Gasteiger partial charge in [-0.25, -0.2) is 0 Å². The van der Waals surface area contributed by atoms with E-state index in [-0.39, 0.29) is 18.9 Å². The summed E-state index contributed by atoms with van der Waals surface area (Å²) in [6.07, 6.45) is 64.6. The zero-order chi connectivity index (χ0) is 65.9. The first kappa shape index (κ1) is 85.0. The third-order valence-corrected chi connectivity index (χ3v) is 18.8. The smallest absolute Gasteiger partial charge is 0.220 e. The molecule has 0 aromatic rings. The van der Waals surface area contributed by atoms with Gasteiger partial charge in [0, 0.05) is 6.42 Å². The van der Waals surface area contributed by atoms with E-state index in [1.807, 2.05) is 6.08 Å². The second kappa shape index (κ2) is 61.5. The van der Waals surface area contributed by atoms with Crippen LogP contribution in [0.15, 0.2) is 48.6 Å². The van der Waals surface area contributed by atoms with Crippen LogP contribution in [0.2, 0.25) is 0 Å². The molecule has 0 aromatic carbocycles. The van der Waals surface area contributed by atoms with Crippen molar-refractivity contribution in [3.63, 3.8) is 0 Å². The number of nitrogens with one attached hydrogen (secondary N) is 1. The Balaban J connectivity index is 1.64. The van der Waals surface area contributed by atoms with Crippen molar-refractivity contribution in [3.05, 3.63) is 48.6 Å². The van der Waals surface area contributed by atoms with Crippen LogP contribution in [-0.2, 0) is 23.7 Å². The third kappa shape index (κ3) is 45.2. The summed E-state index contributed by atoms with van der Waals surface area (Å²) in [7, 11) is 0. The molecule has 2 aliphatic rings. The molecule has 12 unspecified atom stereocenters. The second-order valence-corrected chi connectivity index (χ2v) is 27.1. The Hall–Kier alpha value is -2.05. The van der Waals surface area contributed by atoms with Gasteiger partial charge in [0.15, 0.2) is 12.6 Å². The Morgan fingerprint density at radius 3 is 1.11 bits per heavy atom. The number of carbonyl (C=O) groups is 1. The van der Waals surface area contributed by atoms with E-state index in [4.69, 9.17) is 18.9 Å². The van der Waals surface area contributed by atoms with Gasteiger partial charge in [-0.05, 0) is 57.8 Å². The number of rotatable bonds is 64. The minimum atomic E-state index is -1.79. The topological polar surface area (TPSA) is 228 Å². The standard InChI is InChI=1S/C77H143NO13/c1-3-5-7-9-11-13-15-17-19-21-23-25-27-29-30-31-32-33-34-35-37-38-40-42-44-46-48-50-52-54-56-58-60-66(81)65(64-88-76-74(87)72(85)75(68(63-80)90-76)91-77-73(86)71(84)70(83)67(62-79)89-77)78-69(82)61-59-57-55-53-51-49-47-45-43-41-39-36-28-26-24-22-20-18-16-14-12-10-8-6-4-2/h16,18,22,24,28,36,58,60,65-68,70-77,79-81,83-87H,3-15,17,19-21,23,25-27,29-35,37-57,59,61-64H2,1-2H3,(H,78,82)/b18-16-,24-22-,36-28-,60-58+. The normalized spacial score (nSPS) is 23.0. The number of amides is 1. The van der Waals surface area contributed by atoms with Crippen molar-refractivity contribution in [1.29, 1.82) is 0 Å². The van der Waals surface area contributed by atoms with E-state index in [1.165, 1.54) is 257 Å². The average molecular weight is 1290 g/mol. The van der Waals surface area contributed by atoms with Gasteiger partial charge in [-0.3, -0.25) is 4.79 Å². The predicted molar refractivity (Wildman–Crippen MR) is 374 cm³/mol. The summed E-state index contributed by atoms with van der Waals surface area (Å²) in [5, 5.41) is 87.6. The highest BCUT2D eigenvalue weighted by atomic mass is 16.7. The molecule has 2 fully saturated rings. The second-order valence-electron chi connectivity index (χ2n) is 27.1. The lowest BCUT2D eigenvalue weighted by atomic mass is 9.97. The van der Waals surface area contributed by atoms with Gasteiger partial charge in [-0.1, -0.05) is 326 Å². The monoisotopic (exact) mass is 1290 g/mol. The molecule has 0 saturated carbocycles. The van der Waals surface area contributed by atoms with Crippen LogP contribution in [0.5, 0.6) is 0 Å². The summed E-state index contributed by atoms with van der Waals surface area (Å²) < 4.78 is 22.9. The molecule has 2 aliphatic heterocycles. The number of carbonyl (C=O) groups excluding carboxylic acids is 1. The summed E-state index contributed by atoms with van der Waals surface area (Å²) in [5.41, 5.74) is 0. The molecule has 14 nitrogen and oxygen atoms in total. The quantitative estimate of drug-likeness (QED) is 0.0204. The first-order chi connectivity index (χ1) is 44.6. The minimum Gasteiger partial charge on any atom is -0.394 e. The lowest BCUT2D eigenvalue weighted by Crippen LogP contribution is -2.65. The molecule has 0 bridgehead atoms. The van der Waals surface area contributed by atoms with E-state index in [0.29, 0.717) is 6.42 Å². The molecular weight excluding hydrogens is 1150 g/mol. The molecule has 0 aromatic heterocycles. The average Bonchev–Trinajstić information content (AvgIpc) is 1.15. The molecule has 2 heterocycles. The Bertz CT molecular complexity index is 1710. The van der Waals surface area contributed by atoms with Crippen molar-refractivity contribution < 1.29 is 64.6 Å². The molecular formula is C77H143NO13. The summed E-state index contributed by atoms with van der Waals surface area (Å²) in [5.74, 6) is -0.240. The molecule has 0 aliphatic carbocycles. The number of unbranched alkanes of at least 4 members (excludes halogenated alkanes) is 45. The van der Waals surface area contributed by atoms with Crippen LogP contribution in [0, 0.1) is 0 Å². The Morgan fingerprint density at radius 2 is 0.725 bits per heavy atom. The molecule has 91 heavy (non-hydrogen) atoms. The van der Waals surface area contributed by atoms with Gasteiger partial charge < -0.3 is 65.1 Å². The number of allylic oxidation sites excluding steroid dienone is 7. The molecule has 2 saturated heterocycles. The van der Waals surface area contributed by atoms with E-state index in [0.717, 1.165) is 57.8 Å². The summed E-state index contributed by atoms with van der Waals surface area (Å²) in [4.78, 5) is 13.4. The zero-order valence-electron chi connectivity index (χ0n) is 58.3. The van der Waals surface area contributed by atoms with Crippen molar-refractivity contribution in [1.82, 2.24) is 5.32 Å². The van der Waals surface area contributed by atoms with Crippen LogP contribution in [0.1, 0.15) is 341 Å². The van der Waals surface area contributed by atoms with Crippen molar-refractivity contribution in [2.24, 2.45) is 0 Å². The lowest BCUT2D eigenvalue weighted by molar-refractivity contribution is -0.359. The Morgan fingerprint density at radius 1 is 0.396 bits per heavy atom. The summed E-state index contributed by atoms with van der Waals surface area (Å²) >= 11 is 0. The molecule has 1 amide bonds. The molecule has 2 rings (SSSR count). The first-order valence-corrected chi connectivity index (χ1v) is 38.4. The fraction of sp³-hybridized carbons (Fsp3) is 0.883. The van der Waals surface area contributed by atoms with E-state index in [9.17, 15) is 45.6 Å². The number of ether oxygens (including phenoxy) is 4. The van der Waals surface area contributed by atoms with E-state index in [1.54, 1.807) is 6.08 Å². The molecule has 9 N–H and O–H groups in total. The molecule has 0 radical (unpaired) electrons. The van der Waals surface area contributed by atoms with Gasteiger partial charge in [-0.2, -0.15) is 0 Å². The van der Waals surface area contributed by atoms with Gasteiger partial charge in [-0.15, -0.1) is 0 Å². The molecule has 14 heteroatoms. The van der Waals surface area contributed by atoms with Gasteiger partial charge in [0.1, 0.15) is 48.8 Å². The van der Waals surface area contributed by atoms with Crippen molar-refractivity contribution >= 4 is 5.91 Å². The van der Waals surface area contributed by atoms with Gasteiger partial charge in [0.05, 0.1) is 32.0 Å². The van der Waals surface area contributed by atoms with Crippen LogP contribution in [-0.4, -0.2) is 140 Å². The molecule has 534 valence electrons. The summed E-state index contributed by atoms with van der Waals surface area (Å²) in [6.45, 7) is 2.83. The maximum atomic E-state index is 13.4. The highest BCUT2D eigenvalue weighted by Crippen LogP contribution is 2.30. The highest BCUT2D eigenvalue weighted by molar-refractivity contribution is 5.76. The van der Waals surface area contributed by atoms with Gasteiger partial charge in [0.25, 0.3) is 0 Å². The van der Waals surface area contributed by atoms with E-state index in [2.05, 4.69) is 55.6 Å². The van der Waals surface area contributed by atoms with Crippen LogP contribution in [0.4, 0.5) is 0 Å². The SMILES string of the molecule is CCCCCCC/C=C\C/C=C\C/C=C\CCCCCCCCCCCCC(=O)NC(COC1OC(CO)C(OC2OC(CO)C(O)C(O)C2O)C(O)C1O)C(O)/C=C/CCCCCCCCCCCCCCCCCCCCCCCCCCCCCCCC. The predicted octanol–water partition coefficient (Wildman–Crippen LogP) is 16.6. The van der Waals surface area contributed by atoms with Gasteiger partial charge in [0.2, 0.25) is 5.91 Å². The first-order valence-electron chi connectivity index (χ1n) is 38.4. The van der Waals surface area contributed by atoms with E-state index >= 15 is 0 Å². The summed E-state index contributed by atoms with van der Waals surface area (Å²) in [6, 6.07) is -0.920. The molecule has 0 spiro atoms. The van der Waals surface area contributed by atoms with Crippen LogP contribution < -0.4 is 5.32 Å². The fourth-order valence-corrected chi connectivity index (χ4v) is 12.7. The lowest BCUT2D eigenvalue weighted by Gasteiger charge is -2.46. The Kier molecular flexibility index (Phi) is 57.5. The van der Waals surface area contributed by atoms with Crippen LogP contribution in [0.25, 0.3) is 0 Å². The minimum absolute atomic E-state index is 0.240. The van der Waals surface area contributed by atoms with Crippen molar-refractivity contribution in [2.45, 2.75) is 415 Å². The number of aliphatic hydroxyl groups is 8. The number of hydrogen-bond acceptors (Lipinski definition) is 13. The maximum Gasteiger partial charge on any atom is 0.220 e. The van der Waals surface area contributed by atoms with Crippen LogP contribution >= 0.6 is 0 Å². The zero-order valence-corrected chi connectivity index (χ0v) is 58.3. The van der Waals surface area contributed by atoms with Crippen molar-refractivity contribution in [2.75, 3.05) is 19.8 Å². The van der Waals surface area contributed by atoms with Crippen molar-refractivity contribution in [3.8, 4) is 0 Å². The van der Waals surface area contributed by atoms with E-state index < -0.39 is 86.8 Å². The Labute approximate surface area is 556 Å². The number of aliphatic hydroxyl groups excluding tert-OH is 8.